The number of halogens is 1. The fourth-order valence-corrected chi connectivity index (χ4v) is 5.81. The maximum atomic E-state index is 14.0. The van der Waals surface area contributed by atoms with E-state index in [4.69, 9.17) is 37.3 Å². The normalized spacial score (nSPS) is 13.5. The molecule has 7 N–H and O–H groups in total. The second-order valence-electron chi connectivity index (χ2n) is 12.3. The third-order valence-corrected chi connectivity index (χ3v) is 8.41. The molecule has 0 saturated heterocycles. The number of fused-ring (bicyclic) bond motifs is 1. The number of aromatic amines is 1. The van der Waals surface area contributed by atoms with Gasteiger partial charge in [0.1, 0.15) is 6.10 Å². The summed E-state index contributed by atoms with van der Waals surface area (Å²) in [7, 11) is 1.31. The van der Waals surface area contributed by atoms with Gasteiger partial charge in [0.2, 0.25) is 11.8 Å². The number of carbonyl (C=O) groups is 3. The first-order valence-corrected chi connectivity index (χ1v) is 17.3. The molecule has 51 heavy (non-hydrogen) atoms. The number of benzene rings is 3. The number of guanidine groups is 1. The number of carbonyl (C=O) groups excluding carboxylic acids is 3. The molecule has 4 aromatic rings. The Balaban J connectivity index is 1.49. The first-order valence-electron chi connectivity index (χ1n) is 16.9. The van der Waals surface area contributed by atoms with Crippen LogP contribution in [0.5, 0.6) is 0 Å². The maximum absolute atomic E-state index is 14.0. The summed E-state index contributed by atoms with van der Waals surface area (Å²) < 4.78 is 17.5. The highest BCUT2D eigenvalue weighted by atomic mass is 35.5. The lowest BCUT2D eigenvalue weighted by Crippen LogP contribution is -2.48. The minimum Gasteiger partial charge on any atom is -0.467 e. The first kappa shape index (κ1) is 38.9. The van der Waals surface area contributed by atoms with Crippen molar-refractivity contribution in [1.82, 2.24) is 15.6 Å². The molecular weight excluding hydrogens is 672 g/mol. The Morgan fingerprint density at radius 2 is 1.49 bits per heavy atom. The lowest BCUT2D eigenvalue weighted by atomic mass is 10.0. The van der Waals surface area contributed by atoms with E-state index in [9.17, 15) is 14.4 Å². The molecule has 0 aliphatic carbocycles. The molecule has 0 fully saturated rings. The van der Waals surface area contributed by atoms with Crippen molar-refractivity contribution in [2.45, 2.75) is 63.3 Å². The molecule has 0 bridgehead atoms. The summed E-state index contributed by atoms with van der Waals surface area (Å²) in [5.41, 5.74) is 14.7. The molecule has 1 heterocycles. The number of methoxy groups -OCH3 is 1. The summed E-state index contributed by atoms with van der Waals surface area (Å²) in [6.45, 7) is 1.87. The number of aliphatic imine (C=N–C) groups is 1. The Hall–Kier alpha value is -4.91. The van der Waals surface area contributed by atoms with Gasteiger partial charge < -0.3 is 41.3 Å². The van der Waals surface area contributed by atoms with E-state index in [-0.39, 0.29) is 43.8 Å². The zero-order chi connectivity index (χ0) is 36.6. The highest BCUT2D eigenvalue weighted by Crippen LogP contribution is 2.18. The number of nitrogens with one attached hydrogen (secondary N) is 3. The third kappa shape index (κ3) is 13.4. The zero-order valence-corrected chi connectivity index (χ0v) is 29.7. The summed E-state index contributed by atoms with van der Waals surface area (Å²) in [4.78, 5) is 46.3. The van der Waals surface area contributed by atoms with Crippen molar-refractivity contribution in [3.63, 3.8) is 0 Å². The lowest BCUT2D eigenvalue weighted by molar-refractivity contribution is -0.154. The van der Waals surface area contributed by atoms with Gasteiger partial charge in [0.15, 0.2) is 12.1 Å². The predicted octanol–water partition coefficient (Wildman–Crippen LogP) is 3.84. The van der Waals surface area contributed by atoms with Crippen LogP contribution >= 0.6 is 11.6 Å². The van der Waals surface area contributed by atoms with Gasteiger partial charge in [-0.15, -0.1) is 0 Å². The van der Waals surface area contributed by atoms with E-state index in [1.54, 1.807) is 12.1 Å². The van der Waals surface area contributed by atoms with E-state index in [2.05, 4.69) is 20.6 Å². The van der Waals surface area contributed by atoms with Crippen LogP contribution in [0.2, 0.25) is 5.02 Å². The Labute approximate surface area is 303 Å². The number of nitrogens with zero attached hydrogens (tertiary/aromatic N) is 1. The van der Waals surface area contributed by atoms with Gasteiger partial charge in [-0.1, -0.05) is 72.3 Å². The van der Waals surface area contributed by atoms with Gasteiger partial charge in [0.05, 0.1) is 32.4 Å². The molecule has 4 rings (SSSR count). The third-order valence-electron chi connectivity index (χ3n) is 8.16. The van der Waals surface area contributed by atoms with Crippen molar-refractivity contribution in [1.29, 1.82) is 0 Å². The van der Waals surface area contributed by atoms with Crippen LogP contribution in [-0.2, 0) is 47.9 Å². The van der Waals surface area contributed by atoms with Crippen LogP contribution in [0.25, 0.3) is 10.9 Å². The Kier molecular flexibility index (Phi) is 15.3. The van der Waals surface area contributed by atoms with Gasteiger partial charge in [0.25, 0.3) is 0 Å². The molecular formula is C38H47ClN6O6. The average molecular weight is 719 g/mol. The molecule has 0 radical (unpaired) electrons. The number of nitrogens with two attached hydrogens (primary N) is 2. The van der Waals surface area contributed by atoms with E-state index in [1.807, 2.05) is 72.8 Å². The van der Waals surface area contributed by atoms with E-state index in [1.165, 1.54) is 14.0 Å². The van der Waals surface area contributed by atoms with Crippen molar-refractivity contribution in [3.05, 3.63) is 107 Å². The molecule has 0 aliphatic heterocycles. The SMILES string of the molecule is COC(=O)[C@H](Cc1cc2ccccc2[nH]1)OC[C@H](CCCN=C(N)N)NC(=O)[C@@H](Cc1ccccc1)OC[C@H](Cc1ccc(Cl)cc1)NC(C)=O. The number of rotatable bonds is 20. The number of aromatic nitrogens is 1. The standard InChI is InChI=1S/C38H47ClN6O6/c1-25(46)43-32(19-27-14-16-29(39)17-15-27)24-50-34(20-26-9-4-3-5-10-26)36(47)45-30(12-8-18-42-38(40)41)23-51-35(37(48)49-2)22-31-21-28-11-6-7-13-33(28)44-31/h3-7,9-11,13-17,21,30,32,34-35,44H,8,12,18-20,22-24H2,1-2H3,(H,43,46)(H,45,47)(H4,40,41,42)/t30-,32-,34+,35-/m0/s1. The number of amides is 2. The van der Waals surface area contributed by atoms with Crippen LogP contribution in [0.1, 0.15) is 36.6 Å². The number of para-hydroxylation sites is 1. The fraction of sp³-hybridized carbons (Fsp3) is 0.368. The first-order chi connectivity index (χ1) is 24.6. The van der Waals surface area contributed by atoms with Gasteiger partial charge in [-0.3, -0.25) is 14.6 Å². The molecule has 2 amide bonds. The molecule has 0 spiro atoms. The molecule has 272 valence electrons. The summed E-state index contributed by atoms with van der Waals surface area (Å²) in [5, 5.41) is 7.64. The summed E-state index contributed by atoms with van der Waals surface area (Å²) in [6, 6.07) is 25.7. The number of hydrogen-bond acceptors (Lipinski definition) is 7. The van der Waals surface area contributed by atoms with Crippen LogP contribution in [0, 0.1) is 0 Å². The summed E-state index contributed by atoms with van der Waals surface area (Å²) >= 11 is 6.07. The van der Waals surface area contributed by atoms with Crippen LogP contribution in [0.3, 0.4) is 0 Å². The number of ether oxygens (including phenoxy) is 3. The van der Waals surface area contributed by atoms with Crippen LogP contribution in [0.4, 0.5) is 0 Å². The van der Waals surface area contributed by atoms with Crippen LogP contribution in [-0.4, -0.2) is 79.9 Å². The molecule has 12 nitrogen and oxygen atoms in total. The number of H-pyrrole nitrogens is 1. The van der Waals surface area contributed by atoms with Crippen molar-refractivity contribution in [3.8, 4) is 0 Å². The van der Waals surface area contributed by atoms with Crippen molar-refractivity contribution in [2.75, 3.05) is 26.9 Å². The summed E-state index contributed by atoms with van der Waals surface area (Å²) in [6.07, 6.45) is 0.155. The minimum absolute atomic E-state index is 0.0106. The lowest BCUT2D eigenvalue weighted by Gasteiger charge is -2.26. The van der Waals surface area contributed by atoms with Gasteiger partial charge in [0, 0.05) is 42.5 Å². The van der Waals surface area contributed by atoms with E-state index in [0.29, 0.717) is 30.8 Å². The molecule has 13 heteroatoms. The van der Waals surface area contributed by atoms with E-state index < -0.39 is 30.3 Å². The highest BCUT2D eigenvalue weighted by Gasteiger charge is 2.27. The van der Waals surface area contributed by atoms with Gasteiger partial charge in [-0.2, -0.15) is 0 Å². The molecule has 4 atom stereocenters. The Morgan fingerprint density at radius 1 is 0.824 bits per heavy atom. The monoisotopic (exact) mass is 718 g/mol. The average Bonchev–Trinajstić information content (AvgIpc) is 3.53. The maximum Gasteiger partial charge on any atom is 0.335 e. The van der Waals surface area contributed by atoms with Crippen LogP contribution in [0.15, 0.2) is 89.9 Å². The quantitative estimate of drug-likeness (QED) is 0.0395. The fourth-order valence-electron chi connectivity index (χ4n) is 5.69. The topological polar surface area (TPSA) is 183 Å². The van der Waals surface area contributed by atoms with Gasteiger partial charge in [-0.25, -0.2) is 4.79 Å². The number of esters is 1. The zero-order valence-electron chi connectivity index (χ0n) is 29.0. The molecule has 0 aliphatic rings. The summed E-state index contributed by atoms with van der Waals surface area (Å²) in [5.74, 6) is -1.14. The Morgan fingerprint density at radius 3 is 2.18 bits per heavy atom. The minimum atomic E-state index is -0.928. The van der Waals surface area contributed by atoms with Gasteiger partial charge in [-0.05, 0) is 60.0 Å². The van der Waals surface area contributed by atoms with Crippen molar-refractivity contribution < 1.29 is 28.6 Å². The highest BCUT2D eigenvalue weighted by molar-refractivity contribution is 6.30. The van der Waals surface area contributed by atoms with Gasteiger partial charge >= 0.3 is 5.97 Å². The molecule has 0 unspecified atom stereocenters. The van der Waals surface area contributed by atoms with E-state index in [0.717, 1.165) is 27.7 Å². The molecule has 3 aromatic carbocycles. The molecule has 1 aromatic heterocycles. The largest absolute Gasteiger partial charge is 0.467 e. The second-order valence-corrected chi connectivity index (χ2v) is 12.8. The smallest absolute Gasteiger partial charge is 0.335 e. The van der Waals surface area contributed by atoms with Crippen molar-refractivity contribution >= 4 is 46.2 Å². The predicted molar refractivity (Wildman–Crippen MR) is 198 cm³/mol. The van der Waals surface area contributed by atoms with Crippen molar-refractivity contribution in [2.24, 2.45) is 16.5 Å². The Bertz CT molecular complexity index is 1690. The van der Waals surface area contributed by atoms with Crippen LogP contribution < -0.4 is 22.1 Å². The molecule has 0 saturated carbocycles. The van der Waals surface area contributed by atoms with E-state index >= 15 is 0 Å². The second kappa shape index (κ2) is 20.1. The number of hydrogen-bond donors (Lipinski definition) is 5.